The van der Waals surface area contributed by atoms with E-state index in [4.69, 9.17) is 4.74 Å². The molecule has 0 amide bonds. The van der Waals surface area contributed by atoms with Gasteiger partial charge in [0, 0.05) is 5.69 Å². The third kappa shape index (κ3) is 3.26. The van der Waals surface area contributed by atoms with Crippen LogP contribution in [0.1, 0.15) is 21.6 Å². The second-order valence-electron chi connectivity index (χ2n) is 4.40. The minimum absolute atomic E-state index is 0.124. The summed E-state index contributed by atoms with van der Waals surface area (Å²) in [5, 5.41) is 12.3. The molecular formula is C15H16N2O3. The van der Waals surface area contributed by atoms with Crippen molar-refractivity contribution in [3.05, 3.63) is 53.3 Å². The summed E-state index contributed by atoms with van der Waals surface area (Å²) in [4.78, 5) is 15.8. The van der Waals surface area contributed by atoms with Gasteiger partial charge in [-0.15, -0.1) is 0 Å². The first-order chi connectivity index (χ1) is 9.60. The molecule has 0 spiro atoms. The highest BCUT2D eigenvalue weighted by atomic mass is 16.5. The molecule has 1 heterocycles. The van der Waals surface area contributed by atoms with E-state index in [1.165, 1.54) is 13.3 Å². The van der Waals surface area contributed by atoms with E-state index < -0.39 is 0 Å². The van der Waals surface area contributed by atoms with Gasteiger partial charge < -0.3 is 15.2 Å². The number of ether oxygens (including phenoxy) is 1. The Kier molecular flexibility index (Phi) is 4.20. The van der Waals surface area contributed by atoms with Crippen LogP contribution in [0.15, 0.2) is 36.5 Å². The fraction of sp³-hybridized carbons (Fsp3) is 0.200. The molecule has 2 aromatic rings. The lowest BCUT2D eigenvalue weighted by Gasteiger charge is -2.11. The van der Waals surface area contributed by atoms with Crippen molar-refractivity contribution in [1.29, 1.82) is 0 Å². The Morgan fingerprint density at radius 3 is 2.80 bits per heavy atom. The van der Waals surface area contributed by atoms with Crippen LogP contribution in [-0.4, -0.2) is 23.2 Å². The number of carbonyl (C=O) groups excluding carboxylic acids is 1. The van der Waals surface area contributed by atoms with E-state index in [1.807, 2.05) is 19.1 Å². The third-order valence-electron chi connectivity index (χ3n) is 2.85. The molecule has 2 N–H and O–H groups in total. The number of aryl methyl sites for hydroxylation is 1. The molecule has 0 unspecified atom stereocenters. The number of nitrogens with zero attached hydrogens (tertiary/aromatic N) is 1. The summed E-state index contributed by atoms with van der Waals surface area (Å²) in [6, 6.07) is 8.81. The Labute approximate surface area is 117 Å². The lowest BCUT2D eigenvalue weighted by molar-refractivity contribution is 0.0601. The molecular weight excluding hydrogens is 256 g/mol. The van der Waals surface area contributed by atoms with Crippen LogP contribution in [0.5, 0.6) is 5.75 Å². The van der Waals surface area contributed by atoms with Crippen molar-refractivity contribution < 1.29 is 14.6 Å². The van der Waals surface area contributed by atoms with Crippen LogP contribution in [0.25, 0.3) is 0 Å². The van der Waals surface area contributed by atoms with Gasteiger partial charge in [-0.25, -0.2) is 4.79 Å². The fourth-order valence-electron chi connectivity index (χ4n) is 1.80. The summed E-state index contributed by atoms with van der Waals surface area (Å²) in [6.45, 7) is 2.37. The number of rotatable bonds is 4. The van der Waals surface area contributed by atoms with Crippen LogP contribution < -0.4 is 5.32 Å². The molecule has 0 aliphatic rings. The average molecular weight is 272 g/mol. The van der Waals surface area contributed by atoms with E-state index in [9.17, 15) is 9.90 Å². The molecule has 1 aromatic carbocycles. The largest absolute Gasteiger partial charge is 0.506 e. The number of aromatic nitrogens is 1. The van der Waals surface area contributed by atoms with Gasteiger partial charge in [0.2, 0.25) is 0 Å². The summed E-state index contributed by atoms with van der Waals surface area (Å²) in [5.41, 5.74) is 2.93. The van der Waals surface area contributed by atoms with E-state index in [0.29, 0.717) is 17.8 Å². The normalized spacial score (nSPS) is 10.1. The summed E-state index contributed by atoms with van der Waals surface area (Å²) in [7, 11) is 1.36. The average Bonchev–Trinajstić information content (AvgIpc) is 2.46. The zero-order valence-corrected chi connectivity index (χ0v) is 11.4. The predicted octanol–water partition coefficient (Wildman–Crippen LogP) is 2.49. The zero-order chi connectivity index (χ0) is 14.5. The number of benzene rings is 1. The first kappa shape index (κ1) is 13.9. The maximum Gasteiger partial charge on any atom is 0.339 e. The van der Waals surface area contributed by atoms with Crippen LogP contribution >= 0.6 is 0 Å². The molecule has 0 aliphatic carbocycles. The predicted molar refractivity (Wildman–Crippen MR) is 75.7 cm³/mol. The van der Waals surface area contributed by atoms with Crippen molar-refractivity contribution in [2.24, 2.45) is 0 Å². The van der Waals surface area contributed by atoms with E-state index in [1.54, 1.807) is 18.2 Å². The van der Waals surface area contributed by atoms with E-state index >= 15 is 0 Å². The third-order valence-corrected chi connectivity index (χ3v) is 2.85. The number of esters is 1. The molecule has 0 aliphatic heterocycles. The number of anilines is 1. The zero-order valence-electron chi connectivity index (χ0n) is 11.4. The molecule has 1 aromatic heterocycles. The monoisotopic (exact) mass is 272 g/mol. The van der Waals surface area contributed by atoms with E-state index in [0.717, 1.165) is 11.3 Å². The Bertz CT molecular complexity index is 609. The van der Waals surface area contributed by atoms with Gasteiger partial charge in [-0.1, -0.05) is 11.6 Å². The molecule has 0 saturated heterocycles. The van der Waals surface area contributed by atoms with Gasteiger partial charge in [-0.2, -0.15) is 0 Å². The first-order valence-corrected chi connectivity index (χ1v) is 6.17. The lowest BCUT2D eigenvalue weighted by Crippen LogP contribution is -2.09. The van der Waals surface area contributed by atoms with Gasteiger partial charge in [-0.3, -0.25) is 4.98 Å². The van der Waals surface area contributed by atoms with Crippen molar-refractivity contribution >= 4 is 11.7 Å². The number of hydrogen-bond acceptors (Lipinski definition) is 5. The Morgan fingerprint density at radius 1 is 1.35 bits per heavy atom. The smallest absolute Gasteiger partial charge is 0.339 e. The van der Waals surface area contributed by atoms with Crippen molar-refractivity contribution in [2.75, 3.05) is 12.4 Å². The van der Waals surface area contributed by atoms with Crippen LogP contribution in [-0.2, 0) is 11.3 Å². The van der Waals surface area contributed by atoms with Crippen LogP contribution in [0.2, 0.25) is 0 Å². The Morgan fingerprint density at radius 2 is 2.15 bits per heavy atom. The molecule has 0 fully saturated rings. The first-order valence-electron chi connectivity index (χ1n) is 6.17. The van der Waals surface area contributed by atoms with Gasteiger partial charge in [0.05, 0.1) is 31.1 Å². The molecule has 2 rings (SSSR count). The number of aromatic hydroxyl groups is 1. The van der Waals surface area contributed by atoms with Crippen LogP contribution in [0.4, 0.5) is 5.69 Å². The van der Waals surface area contributed by atoms with Gasteiger partial charge in [0.1, 0.15) is 5.75 Å². The lowest BCUT2D eigenvalue weighted by atomic mass is 10.1. The molecule has 0 bridgehead atoms. The highest BCUT2D eigenvalue weighted by Crippen LogP contribution is 2.19. The van der Waals surface area contributed by atoms with Gasteiger partial charge >= 0.3 is 5.97 Å². The Balaban J connectivity index is 2.16. The molecule has 0 radical (unpaired) electrons. The number of nitrogens with one attached hydrogen (secondary N) is 1. The van der Waals surface area contributed by atoms with Gasteiger partial charge in [-0.05, 0) is 31.2 Å². The summed E-state index contributed by atoms with van der Waals surface area (Å²) < 4.78 is 4.77. The highest BCUT2D eigenvalue weighted by Gasteiger charge is 2.11. The van der Waals surface area contributed by atoms with Gasteiger partial charge in [0.25, 0.3) is 0 Å². The number of methoxy groups -OCH3 is 1. The summed E-state index contributed by atoms with van der Waals surface area (Å²) >= 11 is 0. The number of pyridine rings is 1. The highest BCUT2D eigenvalue weighted by molar-refractivity contribution is 5.95. The molecule has 0 atom stereocenters. The molecule has 104 valence electrons. The van der Waals surface area contributed by atoms with Crippen LogP contribution in [0, 0.1) is 6.92 Å². The molecule has 5 nitrogen and oxygen atoms in total. The van der Waals surface area contributed by atoms with Crippen molar-refractivity contribution in [1.82, 2.24) is 4.98 Å². The van der Waals surface area contributed by atoms with E-state index in [-0.39, 0.29) is 11.7 Å². The quantitative estimate of drug-likeness (QED) is 0.837. The maximum atomic E-state index is 11.7. The second kappa shape index (κ2) is 6.06. The SMILES string of the molecule is COC(=O)c1cc(C)ccc1NCc1ccc(O)cn1. The fourth-order valence-corrected chi connectivity index (χ4v) is 1.80. The van der Waals surface area contributed by atoms with Crippen molar-refractivity contribution in [2.45, 2.75) is 13.5 Å². The van der Waals surface area contributed by atoms with Crippen molar-refractivity contribution in [3.63, 3.8) is 0 Å². The summed E-state index contributed by atoms with van der Waals surface area (Å²) in [6.07, 6.45) is 1.38. The topological polar surface area (TPSA) is 71.5 Å². The molecule has 0 saturated carbocycles. The minimum atomic E-state index is -0.380. The molecule has 5 heteroatoms. The summed E-state index contributed by atoms with van der Waals surface area (Å²) in [5.74, 6) is -0.255. The van der Waals surface area contributed by atoms with Gasteiger partial charge in [0.15, 0.2) is 0 Å². The number of hydrogen-bond donors (Lipinski definition) is 2. The van der Waals surface area contributed by atoms with Crippen molar-refractivity contribution in [3.8, 4) is 5.75 Å². The van der Waals surface area contributed by atoms with Crippen LogP contribution in [0.3, 0.4) is 0 Å². The maximum absolute atomic E-state index is 11.7. The second-order valence-corrected chi connectivity index (χ2v) is 4.40. The van der Waals surface area contributed by atoms with E-state index in [2.05, 4.69) is 10.3 Å². The molecule has 20 heavy (non-hydrogen) atoms. The number of carbonyl (C=O) groups is 1. The Hall–Kier alpha value is -2.56. The standard InChI is InChI=1S/C15H16N2O3/c1-10-3-6-14(13(7-10)15(19)20-2)17-8-11-4-5-12(18)9-16-11/h3-7,9,17-18H,8H2,1-2H3. The minimum Gasteiger partial charge on any atom is -0.506 e.